The lowest BCUT2D eigenvalue weighted by molar-refractivity contribution is -0.199. The predicted molar refractivity (Wildman–Crippen MR) is 281 cm³/mol. The molecule has 0 spiro atoms. The second-order valence-electron chi connectivity index (χ2n) is 20.2. The third-order valence-electron chi connectivity index (χ3n) is 14.9. The molecule has 10 N–H and O–H groups in total. The van der Waals surface area contributed by atoms with Gasteiger partial charge in [-0.3, -0.25) is 24.0 Å². The molecular formula is C55H73BN8O9. The number of fused-ring (bicyclic) bond motifs is 5. The number of hydrogen-bond acceptors (Lipinski definition) is 12. The van der Waals surface area contributed by atoms with E-state index < -0.39 is 67.4 Å². The molecule has 390 valence electrons. The Hall–Kier alpha value is -6.31. The first-order valence-electron chi connectivity index (χ1n) is 25.5. The average Bonchev–Trinajstić information content (AvgIpc) is 3.74. The number of hydrogen-bond donors (Lipinski definition) is 7. The van der Waals surface area contributed by atoms with Crippen LogP contribution in [0.5, 0.6) is 11.5 Å². The van der Waals surface area contributed by atoms with Crippen molar-refractivity contribution < 1.29 is 42.8 Å². The van der Waals surface area contributed by atoms with E-state index >= 15 is 0 Å². The molecule has 3 saturated carbocycles. The Balaban J connectivity index is 0.00000149. The van der Waals surface area contributed by atoms with E-state index in [1.54, 1.807) is 36.4 Å². The Bertz CT molecular complexity index is 2600. The van der Waals surface area contributed by atoms with E-state index in [1.165, 1.54) is 24.8 Å². The summed E-state index contributed by atoms with van der Waals surface area (Å²) in [5.41, 5.74) is 22.1. The van der Waals surface area contributed by atoms with Crippen molar-refractivity contribution >= 4 is 36.7 Å². The third-order valence-corrected chi connectivity index (χ3v) is 14.9. The van der Waals surface area contributed by atoms with Crippen LogP contribution >= 0.6 is 0 Å². The van der Waals surface area contributed by atoms with Gasteiger partial charge in [-0.15, -0.1) is 0 Å². The largest absolute Gasteiger partial charge is 0.492 e. The van der Waals surface area contributed by atoms with Crippen LogP contribution in [-0.4, -0.2) is 119 Å². The van der Waals surface area contributed by atoms with Gasteiger partial charge in [-0.2, -0.15) is 0 Å². The summed E-state index contributed by atoms with van der Waals surface area (Å²) in [5.74, 6) is -1.08. The van der Waals surface area contributed by atoms with Crippen LogP contribution in [0.4, 0.5) is 0 Å². The summed E-state index contributed by atoms with van der Waals surface area (Å²) in [6.45, 7) is 11.5. The second-order valence-corrected chi connectivity index (χ2v) is 20.2. The number of amides is 5. The Kier molecular flexibility index (Phi) is 18.0. The molecule has 6 bridgehead atoms. The van der Waals surface area contributed by atoms with Crippen molar-refractivity contribution in [2.45, 2.75) is 90.5 Å². The second kappa shape index (κ2) is 24.2. The number of aryl methyl sites for hydroxylation is 1. The molecule has 4 aromatic rings. The van der Waals surface area contributed by atoms with Gasteiger partial charge in [-0.1, -0.05) is 81.3 Å². The predicted octanol–water partition coefficient (Wildman–Crippen LogP) is 4.22. The first kappa shape index (κ1) is 54.5. The summed E-state index contributed by atoms with van der Waals surface area (Å²) in [6.07, 6.45) is 4.45. The quantitative estimate of drug-likeness (QED) is 0.0780. The number of rotatable bonds is 16. The minimum atomic E-state index is -1.30. The Morgan fingerprint density at radius 1 is 0.836 bits per heavy atom. The average molecular weight is 1000 g/mol. The van der Waals surface area contributed by atoms with E-state index in [2.05, 4.69) is 49.0 Å². The summed E-state index contributed by atoms with van der Waals surface area (Å²) in [7, 11) is 0.785. The van der Waals surface area contributed by atoms with Gasteiger partial charge in [0.1, 0.15) is 36.8 Å². The van der Waals surface area contributed by atoms with E-state index in [-0.39, 0.29) is 50.7 Å². The number of carbonyl (C=O) groups excluding carboxylic acids is 5. The zero-order chi connectivity index (χ0) is 52.5. The Labute approximate surface area is 429 Å². The SMILES string of the molecule is CCCCN.Cc1ccc(-c2ccc(C(=O)NCC(=O)N(C)C3C(=O)NCC(=O)NC(C(=O)NCB4O[C@@H]5CC6CC(C6(C)C)[C@]5(C)O4)Cc4ccc(OCCN)c(c4)-c4cc3ccc4OCCN)cc2)cc1. The molecule has 2 heterocycles. The molecule has 5 amide bonds. The smallest absolute Gasteiger partial charge is 0.478 e. The number of nitrogens with one attached hydrogen (secondary N) is 4. The maximum Gasteiger partial charge on any atom is 0.478 e. The highest BCUT2D eigenvalue weighted by Gasteiger charge is 2.67. The molecule has 4 aromatic carbocycles. The number of ether oxygens (including phenoxy) is 2. The molecule has 18 heteroatoms. The molecule has 9 rings (SSSR count). The summed E-state index contributed by atoms with van der Waals surface area (Å²) >= 11 is 0. The van der Waals surface area contributed by atoms with Crippen LogP contribution in [0.1, 0.15) is 86.5 Å². The monoisotopic (exact) mass is 1000 g/mol. The Morgan fingerprint density at radius 3 is 2.10 bits per heavy atom. The van der Waals surface area contributed by atoms with Crippen LogP contribution < -0.4 is 47.9 Å². The minimum Gasteiger partial charge on any atom is -0.492 e. The van der Waals surface area contributed by atoms with Crippen LogP contribution in [0.3, 0.4) is 0 Å². The molecule has 0 aromatic heterocycles. The van der Waals surface area contributed by atoms with E-state index in [9.17, 15) is 24.0 Å². The van der Waals surface area contributed by atoms with Gasteiger partial charge in [-0.25, -0.2) is 0 Å². The molecule has 4 fully saturated rings. The van der Waals surface area contributed by atoms with Crippen LogP contribution in [0.15, 0.2) is 84.9 Å². The van der Waals surface area contributed by atoms with Crippen molar-refractivity contribution in [3.8, 4) is 33.8 Å². The maximum atomic E-state index is 14.3. The molecule has 1 saturated heterocycles. The van der Waals surface area contributed by atoms with Gasteiger partial charge in [-0.05, 0) is 116 Å². The summed E-state index contributed by atoms with van der Waals surface area (Å²) < 4.78 is 25.2. The molecule has 4 unspecified atom stereocenters. The molecule has 5 aliphatic rings. The van der Waals surface area contributed by atoms with E-state index in [0.29, 0.717) is 51.2 Å². The fourth-order valence-corrected chi connectivity index (χ4v) is 10.6. The number of nitrogens with zero attached hydrogens (tertiary/aromatic N) is 1. The van der Waals surface area contributed by atoms with Crippen molar-refractivity contribution in [3.05, 3.63) is 107 Å². The lowest BCUT2D eigenvalue weighted by Crippen LogP contribution is -2.65. The van der Waals surface area contributed by atoms with Crippen LogP contribution in [0.25, 0.3) is 22.3 Å². The van der Waals surface area contributed by atoms with Crippen LogP contribution in [0, 0.1) is 24.2 Å². The first-order chi connectivity index (χ1) is 35.0. The van der Waals surface area contributed by atoms with E-state index in [0.717, 1.165) is 36.1 Å². The lowest BCUT2D eigenvalue weighted by Gasteiger charge is -2.64. The van der Waals surface area contributed by atoms with E-state index in [1.807, 2.05) is 55.5 Å². The van der Waals surface area contributed by atoms with Crippen LogP contribution in [-0.2, 0) is 34.9 Å². The Morgan fingerprint density at radius 2 is 1.48 bits per heavy atom. The van der Waals surface area contributed by atoms with Gasteiger partial charge in [0.2, 0.25) is 23.6 Å². The van der Waals surface area contributed by atoms with Gasteiger partial charge >= 0.3 is 7.12 Å². The summed E-state index contributed by atoms with van der Waals surface area (Å²) in [5, 5.41) is 11.2. The van der Waals surface area contributed by atoms with Crippen molar-refractivity contribution in [3.63, 3.8) is 0 Å². The van der Waals surface area contributed by atoms with Gasteiger partial charge in [0.25, 0.3) is 5.91 Å². The summed E-state index contributed by atoms with van der Waals surface area (Å²) in [4.78, 5) is 70.7. The standard InChI is InChI=1S/C51H62BN7O9.C4H11N/c1-30-6-9-32(10-7-30)33-11-13-34(14-12-33)47(62)56-28-45(61)59(5)46-35-15-17-41(66-21-19-54)38(24-35)37-22-31(8-16-40(37)65-20-18-53)23-39(58-44(60)27-55-49(46)64)48(63)57-29-52-67-43-26-36-25-42(50(36,2)3)51(43,4)68-52;1-2-3-4-5/h6-17,22,24,36,39,42-43,46H,18-21,23,25-29,53-54H2,1-5H3,(H,55,64)(H,56,62)(H,57,63)(H,58,60);2-5H2,1H3/t36?,39?,42?,43-,46?,51+;/m1./s1. The zero-order valence-corrected chi connectivity index (χ0v) is 43.1. The van der Waals surface area contributed by atoms with Gasteiger partial charge in [0.15, 0.2) is 0 Å². The zero-order valence-electron chi connectivity index (χ0n) is 43.1. The highest BCUT2D eigenvalue weighted by molar-refractivity contribution is 6.46. The number of likely N-dealkylation sites (N-methyl/N-ethyl adjacent to an activating group) is 1. The number of carbonyl (C=O) groups is 5. The molecule has 2 aliphatic heterocycles. The van der Waals surface area contributed by atoms with Crippen LogP contribution in [0.2, 0.25) is 0 Å². The van der Waals surface area contributed by atoms with Crippen molar-refractivity contribution in [2.75, 3.05) is 59.4 Å². The number of benzene rings is 4. The topological polar surface area (TPSA) is 252 Å². The maximum absolute atomic E-state index is 14.3. The van der Waals surface area contributed by atoms with Gasteiger partial charge in [0.05, 0.1) is 31.2 Å². The lowest BCUT2D eigenvalue weighted by atomic mass is 9.43. The fourth-order valence-electron chi connectivity index (χ4n) is 10.6. The number of nitrogens with two attached hydrogens (primary N) is 3. The molecule has 3 aliphatic carbocycles. The fraction of sp³-hybridized carbons (Fsp3) is 0.473. The van der Waals surface area contributed by atoms with Gasteiger partial charge in [0, 0.05) is 43.2 Å². The highest BCUT2D eigenvalue weighted by atomic mass is 16.7. The minimum absolute atomic E-state index is 0.0698. The molecule has 17 nitrogen and oxygen atoms in total. The molecular weight excluding hydrogens is 927 g/mol. The molecule has 73 heavy (non-hydrogen) atoms. The van der Waals surface area contributed by atoms with Gasteiger partial charge < -0.3 is 62.2 Å². The molecule has 0 radical (unpaired) electrons. The summed E-state index contributed by atoms with van der Waals surface area (Å²) in [6, 6.07) is 23.2. The highest BCUT2D eigenvalue weighted by Crippen LogP contribution is 2.65. The number of unbranched alkanes of at least 4 members (excludes halogenated alkanes) is 1. The van der Waals surface area contributed by atoms with Crippen molar-refractivity contribution in [1.29, 1.82) is 0 Å². The first-order valence-corrected chi connectivity index (χ1v) is 25.5. The normalized spacial score (nSPS) is 22.6. The van der Waals surface area contributed by atoms with Crippen molar-refractivity contribution in [1.82, 2.24) is 26.2 Å². The van der Waals surface area contributed by atoms with Crippen molar-refractivity contribution in [2.24, 2.45) is 34.5 Å². The van der Waals surface area contributed by atoms with E-state index in [4.69, 9.17) is 36.0 Å². The third kappa shape index (κ3) is 12.6. The molecule has 6 atom stereocenters.